The van der Waals surface area contributed by atoms with E-state index in [0.717, 1.165) is 18.9 Å². The first-order chi connectivity index (χ1) is 11.3. The zero-order valence-corrected chi connectivity index (χ0v) is 16.3. The van der Waals surface area contributed by atoms with E-state index in [-0.39, 0.29) is 57.3 Å². The first kappa shape index (κ1) is 17.4. The van der Waals surface area contributed by atoms with E-state index >= 15 is 0 Å². The van der Waals surface area contributed by atoms with Gasteiger partial charge in [0.2, 0.25) is 5.88 Å². The van der Waals surface area contributed by atoms with Crippen LogP contribution in [0.15, 0.2) is 31.0 Å². The minimum atomic E-state index is -0.0675. The molecule has 119 valence electrons. The second-order valence-electron chi connectivity index (χ2n) is 4.95. The van der Waals surface area contributed by atoms with Gasteiger partial charge in [-0.15, -0.1) is 5.10 Å². The standard InChI is InChI=1S/C13H14N8O2.K/c22-13-10(20-2-1-16-18-20)8-17-21(13)12-7-11(14-9-15-12)19-3-5-23-6-4-19;/h1-2,7-9,22H,3-6H2;. The van der Waals surface area contributed by atoms with E-state index in [1.54, 1.807) is 12.3 Å². The summed E-state index contributed by atoms with van der Waals surface area (Å²) in [7, 11) is 0. The predicted molar refractivity (Wildman–Crippen MR) is 84.5 cm³/mol. The summed E-state index contributed by atoms with van der Waals surface area (Å²) in [5.74, 6) is 1.18. The number of rotatable bonds is 3. The number of aromatic hydroxyl groups is 1. The first-order valence-corrected chi connectivity index (χ1v) is 7.12. The van der Waals surface area contributed by atoms with E-state index in [0.29, 0.717) is 24.7 Å². The van der Waals surface area contributed by atoms with E-state index in [9.17, 15) is 5.11 Å². The van der Waals surface area contributed by atoms with Gasteiger partial charge in [-0.25, -0.2) is 14.6 Å². The van der Waals surface area contributed by atoms with E-state index < -0.39 is 0 Å². The van der Waals surface area contributed by atoms with E-state index in [4.69, 9.17) is 4.74 Å². The zero-order valence-electron chi connectivity index (χ0n) is 13.1. The number of nitrogens with zero attached hydrogens (tertiary/aromatic N) is 8. The number of anilines is 1. The van der Waals surface area contributed by atoms with Crippen LogP contribution >= 0.6 is 0 Å². The molecule has 0 aliphatic carbocycles. The van der Waals surface area contributed by atoms with Crippen molar-refractivity contribution >= 4 is 57.2 Å². The summed E-state index contributed by atoms with van der Waals surface area (Å²) in [6.45, 7) is 2.88. The van der Waals surface area contributed by atoms with Crippen molar-refractivity contribution in [2.24, 2.45) is 0 Å². The molecule has 0 amide bonds. The molecule has 1 aliphatic rings. The second-order valence-corrected chi connectivity index (χ2v) is 4.95. The van der Waals surface area contributed by atoms with E-state index in [2.05, 4.69) is 30.3 Å². The molecule has 24 heavy (non-hydrogen) atoms. The number of morpholine rings is 1. The van der Waals surface area contributed by atoms with Crippen LogP contribution in [0, 0.1) is 0 Å². The average molecular weight is 353 g/mol. The number of hydrogen-bond donors (Lipinski definition) is 1. The van der Waals surface area contributed by atoms with Gasteiger partial charge in [-0.3, -0.25) is 0 Å². The normalized spacial score (nSPS) is 14.4. The van der Waals surface area contributed by atoms with E-state index in [1.807, 2.05) is 0 Å². The van der Waals surface area contributed by atoms with Crippen molar-refractivity contribution in [3.05, 3.63) is 31.0 Å². The molecule has 3 aromatic heterocycles. The van der Waals surface area contributed by atoms with Gasteiger partial charge in [-0.05, 0) is 0 Å². The van der Waals surface area contributed by atoms with Gasteiger partial charge in [0.15, 0.2) is 5.82 Å². The maximum atomic E-state index is 10.4. The molecule has 10 nitrogen and oxygen atoms in total. The summed E-state index contributed by atoms with van der Waals surface area (Å²) in [4.78, 5) is 10.6. The van der Waals surface area contributed by atoms with Gasteiger partial charge in [-0.1, -0.05) is 5.21 Å². The quantitative estimate of drug-likeness (QED) is 0.622. The Kier molecular flexibility index (Phi) is 5.58. The van der Waals surface area contributed by atoms with Gasteiger partial charge in [0.1, 0.15) is 17.8 Å². The molecule has 3 aromatic rings. The molecule has 1 fully saturated rings. The molecule has 1 saturated heterocycles. The van der Waals surface area contributed by atoms with Gasteiger partial charge in [0.05, 0.1) is 31.8 Å². The Morgan fingerprint density at radius 2 is 1.92 bits per heavy atom. The Balaban J connectivity index is 0.00000169. The smallest absolute Gasteiger partial charge is 0.242 e. The van der Waals surface area contributed by atoms with Crippen LogP contribution in [0.4, 0.5) is 5.82 Å². The molecule has 4 heterocycles. The van der Waals surface area contributed by atoms with Crippen LogP contribution in [0.2, 0.25) is 0 Å². The molecule has 1 N–H and O–H groups in total. The summed E-state index contributed by atoms with van der Waals surface area (Å²) in [6, 6.07) is 1.78. The van der Waals surface area contributed by atoms with Crippen LogP contribution in [0.3, 0.4) is 0 Å². The minimum Gasteiger partial charge on any atom is -0.492 e. The van der Waals surface area contributed by atoms with E-state index in [1.165, 1.54) is 28.1 Å². The Morgan fingerprint density at radius 3 is 2.67 bits per heavy atom. The van der Waals surface area contributed by atoms with Crippen molar-refractivity contribution in [2.75, 3.05) is 31.2 Å². The third-order valence-corrected chi connectivity index (χ3v) is 3.58. The van der Waals surface area contributed by atoms with Gasteiger partial charge in [0, 0.05) is 70.5 Å². The van der Waals surface area contributed by atoms with Crippen molar-refractivity contribution in [1.29, 1.82) is 0 Å². The molecular formula is C13H14KN8O2. The molecule has 1 radical (unpaired) electrons. The van der Waals surface area contributed by atoms with Gasteiger partial charge < -0.3 is 14.7 Å². The maximum absolute atomic E-state index is 10.4. The van der Waals surface area contributed by atoms with Crippen LogP contribution < -0.4 is 4.90 Å². The summed E-state index contributed by atoms with van der Waals surface area (Å²) in [5, 5.41) is 22.1. The fraction of sp³-hybridized carbons (Fsp3) is 0.308. The monoisotopic (exact) mass is 353 g/mol. The third kappa shape index (κ3) is 3.36. The maximum Gasteiger partial charge on any atom is 0.242 e. The summed E-state index contributed by atoms with van der Waals surface area (Å²) >= 11 is 0. The average Bonchev–Trinajstić information content (AvgIpc) is 3.25. The molecule has 0 unspecified atom stereocenters. The Bertz CT molecular complexity index is 800. The molecular weight excluding hydrogens is 339 g/mol. The molecule has 0 aromatic carbocycles. The summed E-state index contributed by atoms with van der Waals surface area (Å²) in [5.41, 5.74) is 0.425. The van der Waals surface area contributed by atoms with Gasteiger partial charge in [-0.2, -0.15) is 9.78 Å². The van der Waals surface area contributed by atoms with Crippen molar-refractivity contribution < 1.29 is 9.84 Å². The number of aromatic nitrogens is 7. The number of ether oxygens (including phenoxy) is 1. The van der Waals surface area contributed by atoms with Gasteiger partial charge in [0.25, 0.3) is 0 Å². The molecule has 0 spiro atoms. The SMILES string of the molecule is Oc1c(-n2ccnn2)cnn1-c1cc(N2CCOCC2)ncn1.[K]. The van der Waals surface area contributed by atoms with Crippen molar-refractivity contribution in [2.45, 2.75) is 0 Å². The first-order valence-electron chi connectivity index (χ1n) is 7.12. The van der Waals surface area contributed by atoms with Crippen molar-refractivity contribution in [3.8, 4) is 17.4 Å². The summed E-state index contributed by atoms with van der Waals surface area (Å²) < 4.78 is 8.11. The molecule has 0 atom stereocenters. The third-order valence-electron chi connectivity index (χ3n) is 3.58. The summed E-state index contributed by atoms with van der Waals surface area (Å²) in [6.07, 6.45) is 6.11. The van der Waals surface area contributed by atoms with Crippen molar-refractivity contribution in [3.63, 3.8) is 0 Å². The Hall–Kier alpha value is -1.37. The molecule has 0 bridgehead atoms. The zero-order chi connectivity index (χ0) is 15.6. The van der Waals surface area contributed by atoms with Crippen LogP contribution in [0.1, 0.15) is 0 Å². The predicted octanol–water partition coefficient (Wildman–Crippen LogP) is -0.596. The minimum absolute atomic E-state index is 0. The van der Waals surface area contributed by atoms with Crippen LogP contribution in [0.25, 0.3) is 11.5 Å². The van der Waals surface area contributed by atoms with Gasteiger partial charge >= 0.3 is 0 Å². The number of hydrogen-bond acceptors (Lipinski definition) is 8. The second kappa shape index (κ2) is 7.67. The molecule has 0 saturated carbocycles. The Labute approximate surface area is 179 Å². The van der Waals surface area contributed by atoms with Crippen LogP contribution in [-0.2, 0) is 4.74 Å². The molecule has 11 heteroatoms. The topological polar surface area (TPSA) is 107 Å². The van der Waals surface area contributed by atoms with Crippen LogP contribution in [-0.4, -0.2) is 118 Å². The van der Waals surface area contributed by atoms with Crippen molar-refractivity contribution in [1.82, 2.24) is 34.7 Å². The molecule has 1 aliphatic heterocycles. The Morgan fingerprint density at radius 1 is 1.12 bits per heavy atom. The fourth-order valence-corrected chi connectivity index (χ4v) is 2.42. The molecule has 4 rings (SSSR count). The largest absolute Gasteiger partial charge is 0.492 e. The fourth-order valence-electron chi connectivity index (χ4n) is 2.42. The van der Waals surface area contributed by atoms with Crippen LogP contribution in [0.5, 0.6) is 5.88 Å².